The number of benzene rings is 3. The van der Waals surface area contributed by atoms with Crippen molar-refractivity contribution in [3.05, 3.63) is 89.0 Å². The van der Waals surface area contributed by atoms with Crippen LogP contribution >= 0.6 is 0 Å². The molecule has 0 amide bonds. The third-order valence-corrected chi connectivity index (χ3v) is 5.72. The highest BCUT2D eigenvalue weighted by molar-refractivity contribution is 6.01. The maximum Gasteiger partial charge on any atom is 0.416 e. The number of methoxy groups -OCH3 is 1. The molecule has 0 radical (unpaired) electrons. The Labute approximate surface area is 195 Å². The summed E-state index contributed by atoms with van der Waals surface area (Å²) in [6.45, 7) is 2.24. The van der Waals surface area contributed by atoms with Crippen LogP contribution in [0.2, 0.25) is 0 Å². The molecule has 0 aromatic heterocycles. The van der Waals surface area contributed by atoms with Crippen molar-refractivity contribution < 1.29 is 27.8 Å². The first-order valence-corrected chi connectivity index (χ1v) is 10.9. The van der Waals surface area contributed by atoms with Crippen LogP contribution in [0.15, 0.2) is 71.7 Å². The molecule has 0 fully saturated rings. The highest BCUT2D eigenvalue weighted by Gasteiger charge is 2.32. The Morgan fingerprint density at radius 1 is 1.03 bits per heavy atom. The number of hydrogen-bond donors (Lipinski definition) is 2. The van der Waals surface area contributed by atoms with Crippen molar-refractivity contribution in [2.24, 2.45) is 4.99 Å². The van der Waals surface area contributed by atoms with Crippen LogP contribution in [0, 0.1) is 0 Å². The molecule has 178 valence electrons. The molecule has 1 aliphatic heterocycles. The summed E-state index contributed by atoms with van der Waals surface area (Å²) in [6, 6.07) is 17.3. The molecular weight excluding hydrogens is 445 g/mol. The topological polar surface area (TPSA) is 63.1 Å². The summed E-state index contributed by atoms with van der Waals surface area (Å²) in [6.07, 6.45) is -4.55. The van der Waals surface area contributed by atoms with E-state index in [-0.39, 0.29) is 11.8 Å². The molecule has 0 saturated heterocycles. The van der Waals surface area contributed by atoms with Gasteiger partial charge in [0.1, 0.15) is 11.9 Å². The number of halogens is 3. The highest BCUT2D eigenvalue weighted by Crippen LogP contribution is 2.39. The van der Waals surface area contributed by atoms with Crippen molar-refractivity contribution in [1.29, 1.82) is 0 Å². The number of nitrogens with one attached hydrogen (secondary N) is 1. The van der Waals surface area contributed by atoms with Crippen LogP contribution in [-0.2, 0) is 6.18 Å². The number of hydrogen-bond acceptors (Lipinski definition) is 5. The lowest BCUT2D eigenvalue weighted by Gasteiger charge is -2.31. The summed E-state index contributed by atoms with van der Waals surface area (Å²) in [5.41, 5.74) is 2.13. The lowest BCUT2D eigenvalue weighted by molar-refractivity contribution is -0.137. The van der Waals surface area contributed by atoms with Gasteiger partial charge in [0.2, 0.25) is 0 Å². The van der Waals surface area contributed by atoms with Crippen LogP contribution in [0.25, 0.3) is 0 Å². The van der Waals surface area contributed by atoms with E-state index in [1.165, 1.54) is 12.1 Å². The fourth-order valence-electron chi connectivity index (χ4n) is 3.98. The van der Waals surface area contributed by atoms with Gasteiger partial charge in [0, 0.05) is 23.7 Å². The summed E-state index contributed by atoms with van der Waals surface area (Å²) in [5.74, 6) is 1.11. The van der Waals surface area contributed by atoms with Crippen molar-refractivity contribution in [3.63, 3.8) is 0 Å². The molecule has 2 atom stereocenters. The zero-order chi connectivity index (χ0) is 24.3. The summed E-state index contributed by atoms with van der Waals surface area (Å²) in [7, 11) is 1.59. The number of phenolic OH excluding ortho intramolecular Hbond substituents is 1. The van der Waals surface area contributed by atoms with E-state index in [1.807, 2.05) is 31.2 Å². The van der Waals surface area contributed by atoms with Gasteiger partial charge in [-0.3, -0.25) is 10.3 Å². The number of rotatable bonds is 6. The molecule has 1 aliphatic rings. The number of alkyl halides is 3. The average Bonchev–Trinajstić information content (AvgIpc) is 2.85. The number of aliphatic imine (C=N–C) groups is 1. The number of aromatic hydroxyl groups is 1. The normalized spacial score (nSPS) is 18.3. The highest BCUT2D eigenvalue weighted by atomic mass is 19.4. The molecule has 3 aromatic rings. The van der Waals surface area contributed by atoms with Gasteiger partial charge in [-0.2, -0.15) is 13.2 Å². The molecule has 1 heterocycles. The molecule has 4 rings (SSSR count). The van der Waals surface area contributed by atoms with Gasteiger partial charge in [-0.1, -0.05) is 24.3 Å². The monoisotopic (exact) mass is 470 g/mol. The van der Waals surface area contributed by atoms with Gasteiger partial charge in [-0.25, -0.2) is 0 Å². The van der Waals surface area contributed by atoms with Crippen molar-refractivity contribution in [3.8, 4) is 17.2 Å². The molecule has 5 nitrogen and oxygen atoms in total. The number of nitrogens with zero attached hydrogens (tertiary/aromatic N) is 1. The smallest absolute Gasteiger partial charge is 0.416 e. The zero-order valence-electron chi connectivity index (χ0n) is 18.8. The predicted octanol–water partition coefficient (Wildman–Crippen LogP) is 6.04. The van der Waals surface area contributed by atoms with E-state index in [2.05, 4.69) is 5.32 Å². The molecule has 3 aromatic carbocycles. The van der Waals surface area contributed by atoms with E-state index in [1.54, 1.807) is 25.3 Å². The van der Waals surface area contributed by atoms with E-state index in [0.29, 0.717) is 35.7 Å². The minimum atomic E-state index is -4.41. The lowest BCUT2D eigenvalue weighted by atomic mass is 9.93. The van der Waals surface area contributed by atoms with E-state index < -0.39 is 17.9 Å². The minimum Gasteiger partial charge on any atom is -0.504 e. The van der Waals surface area contributed by atoms with Crippen molar-refractivity contribution in [2.45, 2.75) is 31.7 Å². The van der Waals surface area contributed by atoms with Crippen molar-refractivity contribution in [1.82, 2.24) is 5.32 Å². The first kappa shape index (κ1) is 23.6. The first-order chi connectivity index (χ1) is 16.3. The van der Waals surface area contributed by atoms with Gasteiger partial charge in [-0.15, -0.1) is 0 Å². The van der Waals surface area contributed by atoms with Crippen molar-refractivity contribution in [2.75, 3.05) is 13.7 Å². The molecular formula is C26H25F3N2O3. The molecule has 2 N–H and O–H groups in total. The van der Waals surface area contributed by atoms with Crippen LogP contribution in [0.4, 0.5) is 13.2 Å². The SMILES string of the molecule is CCOc1cccc([C@@H]2CC(c3ccc(OC)cc3)=N[C@H](c3ccc(C(F)(F)F)cc3)N2)c1O. The molecule has 0 aliphatic carbocycles. The maximum atomic E-state index is 13.0. The number of para-hydroxylation sites is 1. The van der Waals surface area contributed by atoms with Gasteiger partial charge >= 0.3 is 6.18 Å². The largest absolute Gasteiger partial charge is 0.504 e. The maximum absolute atomic E-state index is 13.0. The Hall–Kier alpha value is -3.52. The van der Waals surface area contributed by atoms with E-state index in [0.717, 1.165) is 23.4 Å². The van der Waals surface area contributed by atoms with E-state index in [9.17, 15) is 18.3 Å². The van der Waals surface area contributed by atoms with Gasteiger partial charge in [0.15, 0.2) is 11.5 Å². The average molecular weight is 470 g/mol. The summed E-state index contributed by atoms with van der Waals surface area (Å²) < 4.78 is 49.9. The Morgan fingerprint density at radius 3 is 2.35 bits per heavy atom. The molecule has 0 unspecified atom stereocenters. The molecule has 0 spiro atoms. The first-order valence-electron chi connectivity index (χ1n) is 10.9. The summed E-state index contributed by atoms with van der Waals surface area (Å²) in [5, 5.41) is 14.2. The van der Waals surface area contributed by atoms with Gasteiger partial charge < -0.3 is 14.6 Å². The fourth-order valence-corrected chi connectivity index (χ4v) is 3.98. The fraction of sp³-hybridized carbons (Fsp3) is 0.269. The zero-order valence-corrected chi connectivity index (χ0v) is 18.8. The van der Waals surface area contributed by atoms with Crippen LogP contribution in [-0.4, -0.2) is 24.5 Å². The minimum absolute atomic E-state index is 0.0315. The predicted molar refractivity (Wildman–Crippen MR) is 123 cm³/mol. The Kier molecular flexibility index (Phi) is 6.79. The van der Waals surface area contributed by atoms with Gasteiger partial charge in [-0.05, 0) is 60.5 Å². The second-order valence-corrected chi connectivity index (χ2v) is 7.88. The Balaban J connectivity index is 1.73. The summed E-state index contributed by atoms with van der Waals surface area (Å²) in [4.78, 5) is 4.80. The van der Waals surface area contributed by atoms with Gasteiger partial charge in [0.25, 0.3) is 0 Å². The summed E-state index contributed by atoms with van der Waals surface area (Å²) >= 11 is 0. The second kappa shape index (κ2) is 9.77. The Bertz CT molecular complexity index is 1160. The molecule has 0 saturated carbocycles. The second-order valence-electron chi connectivity index (χ2n) is 7.88. The van der Waals surface area contributed by atoms with E-state index in [4.69, 9.17) is 14.5 Å². The van der Waals surface area contributed by atoms with Crippen LogP contribution in [0.1, 0.15) is 47.8 Å². The molecule has 8 heteroatoms. The third kappa shape index (κ3) is 5.02. The van der Waals surface area contributed by atoms with Crippen molar-refractivity contribution >= 4 is 5.71 Å². The van der Waals surface area contributed by atoms with Gasteiger partial charge in [0.05, 0.1) is 19.3 Å². The molecule has 34 heavy (non-hydrogen) atoms. The molecule has 0 bridgehead atoms. The Morgan fingerprint density at radius 2 is 1.74 bits per heavy atom. The third-order valence-electron chi connectivity index (χ3n) is 5.72. The van der Waals surface area contributed by atoms with E-state index >= 15 is 0 Å². The number of phenols is 1. The van der Waals surface area contributed by atoms with Crippen LogP contribution < -0.4 is 14.8 Å². The van der Waals surface area contributed by atoms with Crippen LogP contribution in [0.3, 0.4) is 0 Å². The van der Waals surface area contributed by atoms with Crippen LogP contribution in [0.5, 0.6) is 17.2 Å². The quantitative estimate of drug-likeness (QED) is 0.461. The lowest BCUT2D eigenvalue weighted by Crippen LogP contribution is -2.33. The standard InChI is InChI=1S/C26H25F3N2O3/c1-3-34-23-6-4-5-20(24(23)32)22-15-21(16-9-13-19(33-2)14-10-16)30-25(31-22)17-7-11-18(12-8-17)26(27,28)29/h4-14,22,25,31-32H,3,15H2,1-2H3/t22-,25-/m0/s1. The number of ether oxygens (including phenoxy) is 2.